The first-order valence-corrected chi connectivity index (χ1v) is 5.47. The van der Waals surface area contributed by atoms with Crippen LogP contribution in [0.15, 0.2) is 0 Å². The van der Waals surface area contributed by atoms with Crippen LogP contribution in [0.3, 0.4) is 0 Å². The Labute approximate surface area is 85.4 Å². The highest BCUT2D eigenvalue weighted by Crippen LogP contribution is 2.06. The van der Waals surface area contributed by atoms with E-state index < -0.39 is 0 Å². The van der Waals surface area contributed by atoms with Gasteiger partial charge in [0.1, 0.15) is 6.61 Å². The van der Waals surface area contributed by atoms with E-state index in [4.69, 9.17) is 4.74 Å². The lowest BCUT2D eigenvalue weighted by molar-refractivity contribution is 0.128. The Morgan fingerprint density at radius 2 is 2.43 bits per heavy atom. The predicted octanol–water partition coefficient (Wildman–Crippen LogP) is 1.26. The monoisotopic (exact) mass is 200 g/mol. The maximum Gasteiger partial charge on any atom is 0.407 e. The van der Waals surface area contributed by atoms with Crippen LogP contribution in [0.5, 0.6) is 0 Å². The Bertz CT molecular complexity index is 168. The van der Waals surface area contributed by atoms with Crippen molar-refractivity contribution in [2.24, 2.45) is 0 Å². The number of alkyl carbamates (subject to hydrolysis) is 1. The third-order valence-electron chi connectivity index (χ3n) is 2.35. The Balaban J connectivity index is 2.03. The molecule has 4 heteroatoms. The van der Waals surface area contributed by atoms with Gasteiger partial charge in [0.15, 0.2) is 0 Å². The molecule has 0 aliphatic carbocycles. The van der Waals surface area contributed by atoms with Gasteiger partial charge >= 0.3 is 6.09 Å². The lowest BCUT2D eigenvalue weighted by Gasteiger charge is -2.22. The Morgan fingerprint density at radius 1 is 1.57 bits per heavy atom. The number of ether oxygens (including phenoxy) is 1. The number of carbonyl (C=O) groups excluding carboxylic acids is 1. The van der Waals surface area contributed by atoms with Crippen LogP contribution in [0.1, 0.15) is 32.6 Å². The molecule has 0 unspecified atom stereocenters. The molecule has 1 aliphatic heterocycles. The van der Waals surface area contributed by atoms with E-state index in [1.54, 1.807) is 0 Å². The molecule has 1 heterocycles. The summed E-state index contributed by atoms with van der Waals surface area (Å²) in [4.78, 5) is 11.1. The summed E-state index contributed by atoms with van der Waals surface area (Å²) in [7, 11) is 0. The number of carbonyl (C=O) groups is 1. The fourth-order valence-corrected chi connectivity index (χ4v) is 1.52. The van der Waals surface area contributed by atoms with Gasteiger partial charge in [-0.2, -0.15) is 0 Å². The molecule has 82 valence electrons. The van der Waals surface area contributed by atoms with Crippen molar-refractivity contribution in [3.8, 4) is 0 Å². The number of hydrogen-bond donors (Lipinski definition) is 2. The molecule has 1 amide bonds. The zero-order chi connectivity index (χ0) is 10.2. The standard InChI is InChI=1S/C10H20N2O2/c1-2-6-12-10(13)14-8-9-5-3-4-7-11-9/h9,11H,2-8H2,1H3,(H,12,13)/t9-/m0/s1. The average molecular weight is 200 g/mol. The number of amides is 1. The van der Waals surface area contributed by atoms with E-state index in [0.717, 1.165) is 19.4 Å². The SMILES string of the molecule is CCCNC(=O)OC[C@@H]1CCCCN1. The minimum atomic E-state index is -0.292. The van der Waals surface area contributed by atoms with Crippen molar-refractivity contribution in [2.45, 2.75) is 38.6 Å². The first-order valence-electron chi connectivity index (χ1n) is 5.47. The number of rotatable bonds is 4. The summed E-state index contributed by atoms with van der Waals surface area (Å²) < 4.78 is 5.07. The number of hydrogen-bond acceptors (Lipinski definition) is 3. The Morgan fingerprint density at radius 3 is 3.07 bits per heavy atom. The second-order valence-corrected chi connectivity index (χ2v) is 3.67. The van der Waals surface area contributed by atoms with Gasteiger partial charge in [-0.25, -0.2) is 4.79 Å². The molecule has 14 heavy (non-hydrogen) atoms. The molecule has 2 N–H and O–H groups in total. The molecule has 4 nitrogen and oxygen atoms in total. The first kappa shape index (κ1) is 11.3. The van der Waals surface area contributed by atoms with Crippen molar-refractivity contribution < 1.29 is 9.53 Å². The zero-order valence-electron chi connectivity index (χ0n) is 8.84. The highest BCUT2D eigenvalue weighted by Gasteiger charge is 2.13. The number of nitrogens with one attached hydrogen (secondary N) is 2. The third-order valence-corrected chi connectivity index (χ3v) is 2.35. The van der Waals surface area contributed by atoms with Crippen LogP contribution in [0.4, 0.5) is 4.79 Å². The quantitative estimate of drug-likeness (QED) is 0.718. The maximum atomic E-state index is 11.1. The summed E-state index contributed by atoms with van der Waals surface area (Å²) >= 11 is 0. The average Bonchev–Trinajstić information content (AvgIpc) is 2.25. The molecule has 0 spiro atoms. The summed E-state index contributed by atoms with van der Waals surface area (Å²) in [5.74, 6) is 0. The Kier molecular flexibility index (Phi) is 5.37. The largest absolute Gasteiger partial charge is 0.448 e. The molecule has 0 radical (unpaired) electrons. The van der Waals surface area contributed by atoms with Gasteiger partial charge in [-0.3, -0.25) is 0 Å². The molecular formula is C10H20N2O2. The van der Waals surface area contributed by atoms with E-state index in [1.807, 2.05) is 6.92 Å². The van der Waals surface area contributed by atoms with Crippen molar-refractivity contribution in [3.05, 3.63) is 0 Å². The third kappa shape index (κ3) is 4.46. The van der Waals surface area contributed by atoms with Gasteiger partial charge in [-0.1, -0.05) is 13.3 Å². The molecule has 1 atom stereocenters. The van der Waals surface area contributed by atoms with Gasteiger partial charge in [0.05, 0.1) is 0 Å². The van der Waals surface area contributed by atoms with Crippen LogP contribution in [-0.4, -0.2) is 31.8 Å². The van der Waals surface area contributed by atoms with Gasteiger partial charge < -0.3 is 15.4 Å². The highest BCUT2D eigenvalue weighted by atomic mass is 16.5. The lowest BCUT2D eigenvalue weighted by Crippen LogP contribution is -2.39. The smallest absolute Gasteiger partial charge is 0.407 e. The second kappa shape index (κ2) is 6.65. The van der Waals surface area contributed by atoms with Crippen molar-refractivity contribution in [1.29, 1.82) is 0 Å². The molecule has 1 rings (SSSR count). The molecule has 0 bridgehead atoms. The maximum absolute atomic E-state index is 11.1. The van der Waals surface area contributed by atoms with Gasteiger partial charge in [0.2, 0.25) is 0 Å². The number of piperidine rings is 1. The van der Waals surface area contributed by atoms with Crippen molar-refractivity contribution in [2.75, 3.05) is 19.7 Å². The predicted molar refractivity (Wildman–Crippen MR) is 55.3 cm³/mol. The summed E-state index contributed by atoms with van der Waals surface area (Å²) in [6.45, 7) is 4.25. The minimum Gasteiger partial charge on any atom is -0.448 e. The summed E-state index contributed by atoms with van der Waals surface area (Å²) in [6.07, 6.45) is 4.23. The van der Waals surface area contributed by atoms with Gasteiger partial charge in [0.25, 0.3) is 0 Å². The van der Waals surface area contributed by atoms with E-state index in [-0.39, 0.29) is 6.09 Å². The minimum absolute atomic E-state index is 0.292. The molecule has 0 saturated carbocycles. The molecule has 0 aromatic rings. The first-order chi connectivity index (χ1) is 6.83. The van der Waals surface area contributed by atoms with E-state index in [9.17, 15) is 4.79 Å². The molecule has 1 fully saturated rings. The van der Waals surface area contributed by atoms with Gasteiger partial charge in [0, 0.05) is 12.6 Å². The van der Waals surface area contributed by atoms with E-state index in [0.29, 0.717) is 19.2 Å². The van der Waals surface area contributed by atoms with Crippen molar-refractivity contribution in [1.82, 2.24) is 10.6 Å². The normalized spacial score (nSPS) is 21.6. The summed E-state index contributed by atoms with van der Waals surface area (Å²) in [6, 6.07) is 0.358. The van der Waals surface area contributed by atoms with Crippen LogP contribution in [0.25, 0.3) is 0 Å². The van der Waals surface area contributed by atoms with E-state index in [1.165, 1.54) is 12.8 Å². The second-order valence-electron chi connectivity index (χ2n) is 3.67. The molecular weight excluding hydrogens is 180 g/mol. The van der Waals surface area contributed by atoms with E-state index in [2.05, 4.69) is 10.6 Å². The summed E-state index contributed by atoms with van der Waals surface area (Å²) in [5, 5.41) is 6.01. The molecule has 0 aromatic carbocycles. The zero-order valence-corrected chi connectivity index (χ0v) is 8.84. The molecule has 1 saturated heterocycles. The van der Waals surface area contributed by atoms with Crippen LogP contribution in [0, 0.1) is 0 Å². The Hall–Kier alpha value is -0.770. The topological polar surface area (TPSA) is 50.4 Å². The highest BCUT2D eigenvalue weighted by molar-refractivity contribution is 5.67. The van der Waals surface area contributed by atoms with Gasteiger partial charge in [-0.05, 0) is 25.8 Å². The van der Waals surface area contributed by atoms with Crippen LogP contribution in [-0.2, 0) is 4.74 Å². The van der Waals surface area contributed by atoms with Crippen molar-refractivity contribution in [3.63, 3.8) is 0 Å². The van der Waals surface area contributed by atoms with Crippen molar-refractivity contribution >= 4 is 6.09 Å². The fourth-order valence-electron chi connectivity index (χ4n) is 1.52. The van der Waals surface area contributed by atoms with Crippen LogP contribution < -0.4 is 10.6 Å². The molecule has 1 aliphatic rings. The molecule has 0 aromatic heterocycles. The van der Waals surface area contributed by atoms with Crippen LogP contribution in [0.2, 0.25) is 0 Å². The van der Waals surface area contributed by atoms with Gasteiger partial charge in [-0.15, -0.1) is 0 Å². The lowest BCUT2D eigenvalue weighted by atomic mass is 10.1. The van der Waals surface area contributed by atoms with E-state index >= 15 is 0 Å². The summed E-state index contributed by atoms with van der Waals surface area (Å²) in [5.41, 5.74) is 0. The van der Waals surface area contributed by atoms with Crippen LogP contribution >= 0.6 is 0 Å². The fraction of sp³-hybridized carbons (Fsp3) is 0.900.